The zero-order chi connectivity index (χ0) is 29.1. The number of rotatable bonds is 8. The zero-order valence-electron chi connectivity index (χ0n) is 24.5. The molecule has 10 heteroatoms. The van der Waals surface area contributed by atoms with E-state index in [1.807, 2.05) is 0 Å². The third-order valence-corrected chi connectivity index (χ3v) is 8.85. The Kier molecular flexibility index (Phi) is 8.76. The molecule has 2 fully saturated rings. The first-order valence-electron chi connectivity index (χ1n) is 14.5. The molecule has 0 bridgehead atoms. The van der Waals surface area contributed by atoms with Gasteiger partial charge in [-0.1, -0.05) is 18.7 Å². The number of aliphatic hydroxyl groups is 1. The summed E-state index contributed by atoms with van der Waals surface area (Å²) in [7, 11) is 2.13. The molecule has 41 heavy (non-hydrogen) atoms. The maximum absolute atomic E-state index is 12.9. The second-order valence-corrected chi connectivity index (χ2v) is 11.4. The Morgan fingerprint density at radius 1 is 1.17 bits per heavy atom. The number of aliphatic hydroxyl groups excluding tert-OH is 1. The number of piperazine rings is 1. The van der Waals surface area contributed by atoms with E-state index in [4.69, 9.17) is 21.3 Å². The van der Waals surface area contributed by atoms with Gasteiger partial charge in [-0.2, -0.15) is 9.97 Å². The molecule has 0 unspecified atom stereocenters. The lowest BCUT2D eigenvalue weighted by molar-refractivity contribution is -0.129. The summed E-state index contributed by atoms with van der Waals surface area (Å²) in [4.78, 5) is 35.0. The molecule has 1 amide bonds. The van der Waals surface area contributed by atoms with Crippen molar-refractivity contribution < 1.29 is 14.6 Å². The van der Waals surface area contributed by atoms with E-state index in [0.29, 0.717) is 44.8 Å². The van der Waals surface area contributed by atoms with E-state index < -0.39 is 6.61 Å². The number of aromatic nitrogens is 2. The van der Waals surface area contributed by atoms with Crippen molar-refractivity contribution in [1.29, 1.82) is 0 Å². The number of carbonyl (C=O) groups is 1. The molecule has 3 aliphatic heterocycles. The molecule has 2 aromatic rings. The fourth-order valence-electron chi connectivity index (χ4n) is 6.21. The van der Waals surface area contributed by atoms with Crippen LogP contribution in [0.3, 0.4) is 0 Å². The molecular formula is C31H41N7O3. The van der Waals surface area contributed by atoms with Gasteiger partial charge < -0.3 is 34.3 Å². The van der Waals surface area contributed by atoms with Crippen LogP contribution in [0.5, 0.6) is 6.01 Å². The lowest BCUT2D eigenvalue weighted by Gasteiger charge is -2.41. The van der Waals surface area contributed by atoms with Crippen LogP contribution in [0.4, 0.5) is 11.5 Å². The van der Waals surface area contributed by atoms with Gasteiger partial charge in [-0.05, 0) is 63.9 Å². The largest absolute Gasteiger partial charge is 0.462 e. The summed E-state index contributed by atoms with van der Waals surface area (Å²) in [6, 6.07) is 6.83. The smallest absolute Gasteiger partial charge is 0.318 e. The quantitative estimate of drug-likeness (QED) is 0.390. The number of likely N-dealkylation sites (N-methyl/N-ethyl adjacent to an activating group) is 1. The molecule has 4 heterocycles. The standard InChI is InChI=1S/C31H41N7O3/c1-21-8-6-10-28(23(21)3)36-13-11-26-27(18-36)33-31(41-20-24-9-7-12-35(24)5)34-29(26)37-14-15-38(25(17-37)16-32-4)30(40)22(2)19-39/h6,8,10,24-25,39H,2,7,9,11-20H2,1,3,5H3/t24-,25-/m0/s1. The van der Waals surface area contributed by atoms with Gasteiger partial charge in [0.25, 0.3) is 5.91 Å². The highest BCUT2D eigenvalue weighted by Crippen LogP contribution is 2.34. The van der Waals surface area contributed by atoms with E-state index in [1.165, 1.54) is 23.2 Å². The van der Waals surface area contributed by atoms with Crippen molar-refractivity contribution in [1.82, 2.24) is 19.8 Å². The molecule has 0 spiro atoms. The Hall–Kier alpha value is -3.68. The molecule has 0 saturated carbocycles. The number of hydrogen-bond acceptors (Lipinski definition) is 8. The topological polar surface area (TPSA) is 89.6 Å². The predicted molar refractivity (Wildman–Crippen MR) is 159 cm³/mol. The normalized spacial score (nSPS) is 21.0. The van der Waals surface area contributed by atoms with Gasteiger partial charge in [0.1, 0.15) is 18.5 Å². The van der Waals surface area contributed by atoms with Crippen LogP contribution < -0.4 is 14.5 Å². The van der Waals surface area contributed by atoms with E-state index in [9.17, 15) is 9.90 Å². The summed E-state index contributed by atoms with van der Waals surface area (Å²) >= 11 is 0. The molecule has 1 N–H and O–H groups in total. The number of ether oxygens (including phenoxy) is 1. The van der Waals surface area contributed by atoms with Gasteiger partial charge in [-0.15, -0.1) is 0 Å². The minimum absolute atomic E-state index is 0.145. The zero-order valence-corrected chi connectivity index (χ0v) is 24.5. The number of hydrogen-bond donors (Lipinski definition) is 1. The first kappa shape index (κ1) is 28.8. The summed E-state index contributed by atoms with van der Waals surface area (Å²) in [5.74, 6) is 0.549. The molecule has 218 valence electrons. The SMILES string of the molecule is [C-]#[N+]C[C@H]1CN(c2nc(OC[C@@H]3CCCN3C)nc3c2CCN(c2cccc(C)c2C)C3)CCN1C(=O)C(=C)CO. The van der Waals surface area contributed by atoms with Crippen molar-refractivity contribution >= 4 is 17.4 Å². The Labute approximate surface area is 243 Å². The van der Waals surface area contributed by atoms with Crippen LogP contribution in [0.1, 0.15) is 35.2 Å². The first-order chi connectivity index (χ1) is 19.8. The Balaban J connectivity index is 1.45. The van der Waals surface area contributed by atoms with E-state index in [0.717, 1.165) is 43.0 Å². The number of benzene rings is 1. The number of amides is 1. The minimum Gasteiger partial charge on any atom is -0.462 e. The molecule has 0 aliphatic carbocycles. The van der Waals surface area contributed by atoms with E-state index in [1.54, 1.807) is 4.90 Å². The van der Waals surface area contributed by atoms with Crippen LogP contribution in [-0.4, -0.2) is 102 Å². The third-order valence-electron chi connectivity index (χ3n) is 8.85. The third kappa shape index (κ3) is 6.02. The first-order valence-corrected chi connectivity index (χ1v) is 14.5. The fraction of sp³-hybridized carbons (Fsp3) is 0.548. The van der Waals surface area contributed by atoms with Crippen molar-refractivity contribution in [2.24, 2.45) is 0 Å². The summed E-state index contributed by atoms with van der Waals surface area (Å²) in [6.45, 7) is 19.9. The number of nitrogens with zero attached hydrogens (tertiary/aromatic N) is 7. The van der Waals surface area contributed by atoms with Gasteiger partial charge >= 0.3 is 6.01 Å². The number of aryl methyl sites for hydroxylation is 1. The van der Waals surface area contributed by atoms with Crippen molar-refractivity contribution in [3.8, 4) is 6.01 Å². The Morgan fingerprint density at radius 2 is 2.00 bits per heavy atom. The monoisotopic (exact) mass is 559 g/mol. The van der Waals surface area contributed by atoms with Gasteiger partial charge in [0.2, 0.25) is 6.54 Å². The van der Waals surface area contributed by atoms with Gasteiger partial charge in [-0.25, -0.2) is 6.57 Å². The van der Waals surface area contributed by atoms with Crippen molar-refractivity contribution in [2.45, 2.75) is 51.7 Å². The van der Waals surface area contributed by atoms with Crippen LogP contribution in [-0.2, 0) is 17.8 Å². The van der Waals surface area contributed by atoms with Crippen molar-refractivity contribution in [2.75, 3.05) is 69.3 Å². The van der Waals surface area contributed by atoms with Crippen LogP contribution >= 0.6 is 0 Å². The maximum Gasteiger partial charge on any atom is 0.318 e. The van der Waals surface area contributed by atoms with Crippen molar-refractivity contribution in [3.63, 3.8) is 0 Å². The second-order valence-electron chi connectivity index (χ2n) is 11.4. The lowest BCUT2D eigenvalue weighted by Crippen LogP contribution is -2.57. The number of likely N-dealkylation sites (tertiary alicyclic amines) is 1. The van der Waals surface area contributed by atoms with Gasteiger partial charge in [0.05, 0.1) is 18.8 Å². The average molecular weight is 560 g/mol. The molecule has 2 saturated heterocycles. The summed E-state index contributed by atoms with van der Waals surface area (Å²) in [5.41, 5.74) is 5.98. The molecule has 1 aromatic heterocycles. The summed E-state index contributed by atoms with van der Waals surface area (Å²) in [6.07, 6.45) is 3.06. The molecule has 3 aliphatic rings. The predicted octanol–water partition coefficient (Wildman–Crippen LogP) is 2.61. The maximum atomic E-state index is 12.9. The molecule has 0 radical (unpaired) electrons. The minimum atomic E-state index is -0.392. The van der Waals surface area contributed by atoms with Gasteiger partial charge in [-0.3, -0.25) is 4.79 Å². The highest BCUT2D eigenvalue weighted by molar-refractivity contribution is 5.93. The second kappa shape index (κ2) is 12.5. The van der Waals surface area contributed by atoms with Gasteiger partial charge in [0, 0.05) is 49.0 Å². The summed E-state index contributed by atoms with van der Waals surface area (Å²) in [5, 5.41) is 9.47. The average Bonchev–Trinajstić information content (AvgIpc) is 3.40. The number of carbonyl (C=O) groups excluding carboxylic acids is 1. The van der Waals surface area contributed by atoms with Crippen molar-refractivity contribution in [3.05, 3.63) is 64.2 Å². The number of anilines is 2. The lowest BCUT2D eigenvalue weighted by atomic mass is 10.0. The van der Waals surface area contributed by atoms with E-state index in [-0.39, 0.29) is 24.1 Å². The molecule has 10 nitrogen and oxygen atoms in total. The number of fused-ring (bicyclic) bond motifs is 1. The molecule has 1 aromatic carbocycles. The van der Waals surface area contributed by atoms with Crippen LogP contribution in [0, 0.1) is 20.4 Å². The Morgan fingerprint density at radius 3 is 2.73 bits per heavy atom. The van der Waals surface area contributed by atoms with Crippen LogP contribution in [0.15, 0.2) is 30.4 Å². The van der Waals surface area contributed by atoms with Crippen LogP contribution in [0.25, 0.3) is 4.85 Å². The van der Waals surface area contributed by atoms with Gasteiger partial charge in [0.15, 0.2) is 0 Å². The van der Waals surface area contributed by atoms with E-state index in [2.05, 4.69) is 65.2 Å². The van der Waals surface area contributed by atoms with Crippen LogP contribution in [0.2, 0.25) is 0 Å². The molecule has 2 atom stereocenters. The fourth-order valence-corrected chi connectivity index (χ4v) is 6.21. The van der Waals surface area contributed by atoms with E-state index >= 15 is 0 Å². The summed E-state index contributed by atoms with van der Waals surface area (Å²) < 4.78 is 6.26. The highest BCUT2D eigenvalue weighted by atomic mass is 16.5. The molecular weight excluding hydrogens is 518 g/mol. The Bertz CT molecular complexity index is 1340. The highest BCUT2D eigenvalue weighted by Gasteiger charge is 2.36. The molecule has 5 rings (SSSR count).